The Kier molecular flexibility index (Phi) is 3.34. The van der Waals surface area contributed by atoms with Crippen LogP contribution in [0, 0.1) is 5.92 Å². The topological polar surface area (TPSA) is 23.5 Å². The molecule has 0 amide bonds. The normalized spacial score (nSPS) is 34.1. The number of aliphatic hydroxyl groups excluding tert-OH is 1. The first-order chi connectivity index (χ1) is 5.24. The molecule has 0 radical (unpaired) electrons. The average molecular weight is 157 g/mol. The van der Waals surface area contributed by atoms with Crippen molar-refractivity contribution in [3.05, 3.63) is 0 Å². The smallest absolute Gasteiger partial charge is 0.0558 e. The Hall–Kier alpha value is -0.0800. The molecular formula is C9H19NO. The van der Waals surface area contributed by atoms with Crippen LogP contribution in [0.4, 0.5) is 0 Å². The molecule has 0 aromatic carbocycles. The van der Waals surface area contributed by atoms with Gasteiger partial charge in [-0.25, -0.2) is 0 Å². The van der Waals surface area contributed by atoms with Crippen molar-refractivity contribution in [3.63, 3.8) is 0 Å². The third kappa shape index (κ3) is 2.46. The van der Waals surface area contributed by atoms with Crippen molar-refractivity contribution < 1.29 is 5.11 Å². The quantitative estimate of drug-likeness (QED) is 0.649. The lowest BCUT2D eigenvalue weighted by Crippen LogP contribution is -2.42. The first kappa shape index (κ1) is 9.01. The molecular weight excluding hydrogens is 138 g/mol. The summed E-state index contributed by atoms with van der Waals surface area (Å²) in [6.07, 6.45) is 2.64. The zero-order chi connectivity index (χ0) is 8.27. The molecule has 2 heteroatoms. The molecule has 2 nitrogen and oxygen atoms in total. The Bertz CT molecular complexity index is 116. The van der Waals surface area contributed by atoms with E-state index >= 15 is 0 Å². The fourth-order valence-electron chi connectivity index (χ4n) is 1.82. The molecule has 1 fully saturated rings. The number of aliphatic hydroxyl groups is 1. The van der Waals surface area contributed by atoms with Crippen LogP contribution in [-0.2, 0) is 0 Å². The molecule has 0 aromatic heterocycles. The van der Waals surface area contributed by atoms with Gasteiger partial charge in [0.2, 0.25) is 0 Å². The van der Waals surface area contributed by atoms with E-state index in [1.165, 1.54) is 19.4 Å². The SMILES string of the molecule is CC1CCC(C)N(CCO)C1. The Morgan fingerprint density at radius 1 is 1.36 bits per heavy atom. The van der Waals surface area contributed by atoms with E-state index in [0.717, 1.165) is 12.5 Å². The summed E-state index contributed by atoms with van der Waals surface area (Å²) < 4.78 is 0. The summed E-state index contributed by atoms with van der Waals surface area (Å²) in [7, 11) is 0. The van der Waals surface area contributed by atoms with Gasteiger partial charge < -0.3 is 5.11 Å². The predicted molar refractivity (Wildman–Crippen MR) is 46.5 cm³/mol. The van der Waals surface area contributed by atoms with Gasteiger partial charge in [0.1, 0.15) is 0 Å². The molecule has 11 heavy (non-hydrogen) atoms. The van der Waals surface area contributed by atoms with Gasteiger partial charge in [-0.3, -0.25) is 4.90 Å². The minimum absolute atomic E-state index is 0.303. The lowest BCUT2D eigenvalue weighted by atomic mass is 9.95. The largest absolute Gasteiger partial charge is 0.395 e. The summed E-state index contributed by atoms with van der Waals surface area (Å²) in [6.45, 7) is 6.86. The van der Waals surface area contributed by atoms with Gasteiger partial charge in [0.15, 0.2) is 0 Å². The summed E-state index contributed by atoms with van der Waals surface area (Å²) in [6, 6.07) is 0.679. The van der Waals surface area contributed by atoms with Crippen LogP contribution in [0.5, 0.6) is 0 Å². The molecule has 0 bridgehead atoms. The lowest BCUT2D eigenvalue weighted by molar-refractivity contribution is 0.0997. The summed E-state index contributed by atoms with van der Waals surface area (Å²) >= 11 is 0. The maximum atomic E-state index is 8.78. The van der Waals surface area contributed by atoms with Gasteiger partial charge in [-0.2, -0.15) is 0 Å². The highest BCUT2D eigenvalue weighted by atomic mass is 16.3. The van der Waals surface area contributed by atoms with Crippen LogP contribution in [0.15, 0.2) is 0 Å². The van der Waals surface area contributed by atoms with Crippen LogP contribution >= 0.6 is 0 Å². The van der Waals surface area contributed by atoms with Crippen LogP contribution in [-0.4, -0.2) is 35.7 Å². The molecule has 1 aliphatic rings. The third-order valence-electron chi connectivity index (χ3n) is 2.63. The van der Waals surface area contributed by atoms with Crippen molar-refractivity contribution in [2.24, 2.45) is 5.92 Å². The minimum atomic E-state index is 0.303. The molecule has 0 spiro atoms. The van der Waals surface area contributed by atoms with Gasteiger partial charge in [-0.15, -0.1) is 0 Å². The highest BCUT2D eigenvalue weighted by molar-refractivity contribution is 4.76. The molecule has 2 unspecified atom stereocenters. The highest BCUT2D eigenvalue weighted by Crippen LogP contribution is 2.20. The second-order valence-electron chi connectivity index (χ2n) is 3.75. The predicted octanol–water partition coefficient (Wildman–Crippen LogP) is 1.10. The summed E-state index contributed by atoms with van der Waals surface area (Å²) in [5.74, 6) is 0.817. The number of rotatable bonds is 2. The van der Waals surface area contributed by atoms with Gasteiger partial charge in [0.05, 0.1) is 6.61 Å². The standard InChI is InChI=1S/C9H19NO/c1-8-3-4-9(2)10(7-8)5-6-11/h8-9,11H,3-7H2,1-2H3. The summed E-state index contributed by atoms with van der Waals surface area (Å²) in [5, 5.41) is 8.78. The van der Waals surface area contributed by atoms with E-state index in [-0.39, 0.29) is 0 Å². The van der Waals surface area contributed by atoms with Crippen LogP contribution < -0.4 is 0 Å². The molecule has 1 N–H and O–H groups in total. The second kappa shape index (κ2) is 4.07. The monoisotopic (exact) mass is 157 g/mol. The molecule has 0 aliphatic carbocycles. The minimum Gasteiger partial charge on any atom is -0.395 e. The first-order valence-electron chi connectivity index (χ1n) is 4.59. The second-order valence-corrected chi connectivity index (χ2v) is 3.75. The van der Waals surface area contributed by atoms with E-state index in [4.69, 9.17) is 5.11 Å². The van der Waals surface area contributed by atoms with E-state index in [1.807, 2.05) is 0 Å². The Morgan fingerprint density at radius 3 is 2.73 bits per heavy atom. The first-order valence-corrected chi connectivity index (χ1v) is 4.59. The van der Waals surface area contributed by atoms with E-state index in [1.54, 1.807) is 0 Å². The molecule has 2 atom stereocenters. The van der Waals surface area contributed by atoms with Gasteiger partial charge in [0.25, 0.3) is 0 Å². The van der Waals surface area contributed by atoms with Crippen LogP contribution in [0.3, 0.4) is 0 Å². The highest BCUT2D eigenvalue weighted by Gasteiger charge is 2.21. The molecule has 1 rings (SSSR count). The number of piperidine rings is 1. The third-order valence-corrected chi connectivity index (χ3v) is 2.63. The van der Waals surface area contributed by atoms with Gasteiger partial charge in [-0.05, 0) is 25.7 Å². The van der Waals surface area contributed by atoms with E-state index < -0.39 is 0 Å². The molecule has 1 aliphatic heterocycles. The zero-order valence-electron chi connectivity index (χ0n) is 7.58. The van der Waals surface area contributed by atoms with Crippen molar-refractivity contribution in [3.8, 4) is 0 Å². The molecule has 0 saturated carbocycles. The number of hydrogen-bond acceptors (Lipinski definition) is 2. The number of likely N-dealkylation sites (tertiary alicyclic amines) is 1. The maximum absolute atomic E-state index is 8.78. The van der Waals surface area contributed by atoms with Crippen molar-refractivity contribution in [2.45, 2.75) is 32.7 Å². The number of β-amino-alcohol motifs (C(OH)–C–C–N with tert-alkyl or cyclic N) is 1. The van der Waals surface area contributed by atoms with Crippen LogP contribution in [0.2, 0.25) is 0 Å². The van der Waals surface area contributed by atoms with Gasteiger partial charge in [-0.1, -0.05) is 6.92 Å². The Labute approximate surface area is 69.2 Å². The van der Waals surface area contributed by atoms with Crippen molar-refractivity contribution >= 4 is 0 Å². The van der Waals surface area contributed by atoms with Crippen molar-refractivity contribution in [1.82, 2.24) is 4.90 Å². The fourth-order valence-corrected chi connectivity index (χ4v) is 1.82. The van der Waals surface area contributed by atoms with Crippen LogP contribution in [0.1, 0.15) is 26.7 Å². The summed E-state index contributed by atoms with van der Waals surface area (Å²) in [4.78, 5) is 2.38. The molecule has 0 aromatic rings. The molecule has 66 valence electrons. The summed E-state index contributed by atoms with van der Waals surface area (Å²) in [5.41, 5.74) is 0. The van der Waals surface area contributed by atoms with E-state index in [2.05, 4.69) is 18.7 Å². The Morgan fingerprint density at radius 2 is 2.09 bits per heavy atom. The van der Waals surface area contributed by atoms with Gasteiger partial charge >= 0.3 is 0 Å². The van der Waals surface area contributed by atoms with Crippen LogP contribution in [0.25, 0.3) is 0 Å². The van der Waals surface area contributed by atoms with Gasteiger partial charge in [0, 0.05) is 19.1 Å². The van der Waals surface area contributed by atoms with E-state index in [0.29, 0.717) is 12.6 Å². The molecule has 1 heterocycles. The lowest BCUT2D eigenvalue weighted by Gasteiger charge is -2.36. The number of nitrogens with zero attached hydrogens (tertiary/aromatic N) is 1. The van der Waals surface area contributed by atoms with Crippen molar-refractivity contribution in [1.29, 1.82) is 0 Å². The van der Waals surface area contributed by atoms with Crippen molar-refractivity contribution in [2.75, 3.05) is 19.7 Å². The fraction of sp³-hybridized carbons (Fsp3) is 1.00. The van der Waals surface area contributed by atoms with E-state index in [9.17, 15) is 0 Å². The maximum Gasteiger partial charge on any atom is 0.0558 e. The Balaban J connectivity index is 2.34. The average Bonchev–Trinajstić information content (AvgIpc) is 1.98. The zero-order valence-corrected chi connectivity index (χ0v) is 7.58. The number of hydrogen-bond donors (Lipinski definition) is 1. The molecule has 1 saturated heterocycles.